The maximum absolute atomic E-state index is 12.3. The number of ether oxygens (including phenoxy) is 2. The molecule has 0 aromatic rings. The van der Waals surface area contributed by atoms with E-state index in [4.69, 9.17) is 21.1 Å². The Balaban J connectivity index is 4.00. The Labute approximate surface area is 164 Å². The van der Waals surface area contributed by atoms with Gasteiger partial charge in [0.15, 0.2) is 0 Å². The first-order valence-corrected chi connectivity index (χ1v) is 10.6. The third kappa shape index (κ3) is 11.6. The number of esters is 1. The third-order valence-electron chi connectivity index (χ3n) is 4.37. The molecule has 1 unspecified atom stereocenters. The van der Waals surface area contributed by atoms with E-state index in [1.807, 2.05) is 13.8 Å². The molecule has 0 aliphatic carbocycles. The van der Waals surface area contributed by atoms with Crippen molar-refractivity contribution in [3.63, 3.8) is 0 Å². The van der Waals surface area contributed by atoms with Crippen LogP contribution in [-0.2, 0) is 14.3 Å². The molecule has 0 radical (unpaired) electrons. The van der Waals surface area contributed by atoms with Crippen LogP contribution in [0.3, 0.4) is 0 Å². The largest absolute Gasteiger partial charge is 0.464 e. The van der Waals surface area contributed by atoms with Crippen molar-refractivity contribution < 1.29 is 19.1 Å². The maximum atomic E-state index is 12.3. The average molecular weight is 392 g/mol. The third-order valence-corrected chi connectivity index (χ3v) is 4.53. The number of rotatable bonds is 15. The summed E-state index contributed by atoms with van der Waals surface area (Å²) in [6, 6.07) is -0.642. The predicted molar refractivity (Wildman–Crippen MR) is 107 cm³/mol. The van der Waals surface area contributed by atoms with Gasteiger partial charge >= 0.3 is 12.1 Å². The van der Waals surface area contributed by atoms with Gasteiger partial charge in [-0.25, -0.2) is 9.59 Å². The summed E-state index contributed by atoms with van der Waals surface area (Å²) >= 11 is 5.52. The second-order valence-corrected chi connectivity index (χ2v) is 7.48. The molecule has 0 heterocycles. The van der Waals surface area contributed by atoms with E-state index in [9.17, 15) is 9.59 Å². The Bertz CT molecular complexity index is 377. The van der Waals surface area contributed by atoms with E-state index >= 15 is 0 Å². The number of halogens is 1. The molecule has 1 atom stereocenters. The van der Waals surface area contributed by atoms with E-state index in [0.717, 1.165) is 12.8 Å². The molecule has 26 heavy (non-hydrogen) atoms. The van der Waals surface area contributed by atoms with Crippen molar-refractivity contribution in [1.82, 2.24) is 4.90 Å². The lowest BCUT2D eigenvalue weighted by Gasteiger charge is -2.28. The fourth-order valence-corrected chi connectivity index (χ4v) is 2.97. The van der Waals surface area contributed by atoms with E-state index in [1.54, 1.807) is 7.05 Å². The predicted octanol–water partition coefficient (Wildman–Crippen LogP) is 5.39. The normalized spacial score (nSPS) is 12.1. The highest BCUT2D eigenvalue weighted by molar-refractivity contribution is 6.18. The molecule has 0 spiro atoms. The zero-order valence-corrected chi connectivity index (χ0v) is 17.9. The van der Waals surface area contributed by atoms with Gasteiger partial charge in [-0.1, -0.05) is 72.1 Å². The van der Waals surface area contributed by atoms with E-state index in [0.29, 0.717) is 6.61 Å². The van der Waals surface area contributed by atoms with Crippen LogP contribution in [-0.4, -0.2) is 49.1 Å². The highest BCUT2D eigenvalue weighted by Gasteiger charge is 2.31. The Morgan fingerprint density at radius 1 is 0.885 bits per heavy atom. The molecule has 0 N–H and O–H groups in total. The van der Waals surface area contributed by atoms with Crippen LogP contribution in [0.2, 0.25) is 0 Å². The van der Waals surface area contributed by atoms with Gasteiger partial charge in [-0.15, -0.1) is 11.6 Å². The maximum Gasteiger partial charge on any atom is 0.410 e. The van der Waals surface area contributed by atoms with Crippen LogP contribution in [0, 0.1) is 5.92 Å². The summed E-state index contributed by atoms with van der Waals surface area (Å²) in [5, 5.41) is 0. The molecule has 0 fully saturated rings. The van der Waals surface area contributed by atoms with Crippen molar-refractivity contribution in [2.24, 2.45) is 5.92 Å². The van der Waals surface area contributed by atoms with Crippen LogP contribution in [0.1, 0.15) is 78.6 Å². The summed E-state index contributed by atoms with van der Waals surface area (Å²) in [5.74, 6) is -0.196. The van der Waals surface area contributed by atoms with Crippen molar-refractivity contribution >= 4 is 23.7 Å². The van der Waals surface area contributed by atoms with Gasteiger partial charge in [-0.05, 0) is 12.3 Å². The lowest BCUT2D eigenvalue weighted by Crippen LogP contribution is -2.47. The van der Waals surface area contributed by atoms with Gasteiger partial charge in [0.05, 0.1) is 12.5 Å². The summed E-state index contributed by atoms with van der Waals surface area (Å²) in [6.45, 7) is 6.53. The van der Waals surface area contributed by atoms with E-state index in [1.165, 1.54) is 49.8 Å². The molecule has 0 aliphatic rings. The lowest BCUT2D eigenvalue weighted by molar-refractivity contribution is -0.150. The van der Waals surface area contributed by atoms with Gasteiger partial charge in [0, 0.05) is 7.05 Å². The molecule has 0 aromatic carbocycles. The molecule has 0 rings (SSSR count). The quantitative estimate of drug-likeness (QED) is 0.213. The van der Waals surface area contributed by atoms with E-state index in [-0.39, 0.29) is 24.4 Å². The molecular formula is C20H38ClNO4. The van der Waals surface area contributed by atoms with Crippen LogP contribution in [0.15, 0.2) is 0 Å². The number of unbranched alkanes of at least 4 members (excludes halogenated alkanes) is 8. The summed E-state index contributed by atoms with van der Waals surface area (Å²) < 4.78 is 10.4. The van der Waals surface area contributed by atoms with Gasteiger partial charge in [0.2, 0.25) is 0 Å². The first kappa shape index (κ1) is 25.0. The number of hydrogen-bond acceptors (Lipinski definition) is 4. The number of amides is 1. The first-order valence-electron chi connectivity index (χ1n) is 10.1. The number of hydrogen-bond donors (Lipinski definition) is 0. The van der Waals surface area contributed by atoms with Crippen molar-refractivity contribution in [2.45, 2.75) is 84.6 Å². The first-order chi connectivity index (χ1) is 12.5. The average Bonchev–Trinajstić information content (AvgIpc) is 2.60. The van der Waals surface area contributed by atoms with Gasteiger partial charge in [-0.2, -0.15) is 0 Å². The van der Waals surface area contributed by atoms with Crippen molar-refractivity contribution in [3.05, 3.63) is 0 Å². The SMILES string of the molecule is CCCCCCCCCCCOC(=O)C(C(C)C)N(C)C(=O)OCCCl. The molecule has 6 heteroatoms. The number of carbonyl (C=O) groups is 2. The second kappa shape index (κ2) is 16.2. The monoisotopic (exact) mass is 391 g/mol. The standard InChI is InChI=1S/C20H38ClNO4/c1-5-6-7-8-9-10-11-12-13-15-25-19(23)18(17(2)3)22(4)20(24)26-16-14-21/h17-18H,5-16H2,1-4H3. The van der Waals surface area contributed by atoms with Crippen LogP contribution in [0.5, 0.6) is 0 Å². The fourth-order valence-electron chi connectivity index (χ4n) is 2.89. The molecule has 154 valence electrons. The lowest BCUT2D eigenvalue weighted by atomic mass is 10.0. The minimum absolute atomic E-state index is 0.0563. The molecule has 0 saturated heterocycles. The topological polar surface area (TPSA) is 55.8 Å². The number of likely N-dealkylation sites (N-methyl/N-ethyl adjacent to an activating group) is 1. The van der Waals surface area contributed by atoms with Gasteiger partial charge in [0.1, 0.15) is 12.6 Å². The second-order valence-electron chi connectivity index (χ2n) is 7.10. The Kier molecular flexibility index (Phi) is 15.6. The van der Waals surface area contributed by atoms with Gasteiger partial charge in [0.25, 0.3) is 0 Å². The zero-order chi connectivity index (χ0) is 19.8. The fraction of sp³-hybridized carbons (Fsp3) is 0.900. The van der Waals surface area contributed by atoms with Crippen LogP contribution >= 0.6 is 11.6 Å². The van der Waals surface area contributed by atoms with Crippen molar-refractivity contribution in [3.8, 4) is 0 Å². The number of nitrogens with zero attached hydrogens (tertiary/aromatic N) is 1. The minimum atomic E-state index is -0.642. The molecule has 0 bridgehead atoms. The van der Waals surface area contributed by atoms with Gasteiger partial charge in [-0.3, -0.25) is 4.90 Å². The Morgan fingerprint density at radius 2 is 1.42 bits per heavy atom. The molecule has 5 nitrogen and oxygen atoms in total. The summed E-state index contributed by atoms with van der Waals surface area (Å²) in [4.78, 5) is 25.6. The highest BCUT2D eigenvalue weighted by Crippen LogP contribution is 2.14. The molecule has 0 aromatic heterocycles. The number of alkyl halides is 1. The number of carbonyl (C=O) groups excluding carboxylic acids is 2. The summed E-state index contributed by atoms with van der Waals surface area (Å²) in [5.41, 5.74) is 0. The van der Waals surface area contributed by atoms with Crippen LogP contribution in [0.25, 0.3) is 0 Å². The van der Waals surface area contributed by atoms with Gasteiger partial charge < -0.3 is 9.47 Å². The highest BCUT2D eigenvalue weighted by atomic mass is 35.5. The summed E-state index contributed by atoms with van der Waals surface area (Å²) in [7, 11) is 1.56. The molecule has 0 aliphatic heterocycles. The molecular weight excluding hydrogens is 354 g/mol. The van der Waals surface area contributed by atoms with E-state index in [2.05, 4.69) is 6.92 Å². The van der Waals surface area contributed by atoms with Crippen molar-refractivity contribution in [2.75, 3.05) is 26.1 Å². The van der Waals surface area contributed by atoms with Crippen LogP contribution in [0.4, 0.5) is 4.79 Å². The van der Waals surface area contributed by atoms with E-state index < -0.39 is 12.1 Å². The minimum Gasteiger partial charge on any atom is -0.464 e. The Hall–Kier alpha value is -0.970. The molecule has 1 amide bonds. The van der Waals surface area contributed by atoms with Crippen molar-refractivity contribution in [1.29, 1.82) is 0 Å². The smallest absolute Gasteiger partial charge is 0.410 e. The zero-order valence-electron chi connectivity index (χ0n) is 17.1. The summed E-state index contributed by atoms with van der Waals surface area (Å²) in [6.07, 6.45) is 10.4. The molecule has 0 saturated carbocycles. The Morgan fingerprint density at radius 3 is 1.92 bits per heavy atom. The van der Waals surface area contributed by atoms with Crippen LogP contribution < -0.4 is 0 Å².